The molecule has 0 saturated heterocycles. The van der Waals surface area contributed by atoms with E-state index in [-0.39, 0.29) is 5.92 Å². The monoisotopic (exact) mass is 267 g/mol. The van der Waals surface area contributed by atoms with Crippen LogP contribution in [0.5, 0.6) is 0 Å². The molecule has 0 fully saturated rings. The lowest BCUT2D eigenvalue weighted by atomic mass is 9.99. The highest BCUT2D eigenvalue weighted by molar-refractivity contribution is 5.91. The van der Waals surface area contributed by atoms with Crippen LogP contribution in [0.25, 0.3) is 0 Å². The second kappa shape index (κ2) is 6.72. The molecule has 0 radical (unpaired) electrons. The highest BCUT2D eigenvalue weighted by atomic mass is 19.1. The standard InChI is InChI=1S/C13H17FN2O3/c1-3-8(2)11(12(17)18)16-13(19)15-10-6-4-9(14)5-7-10/h4-8,11H,3H2,1-2H3,(H,17,18)(H2,15,16,19)/p-1/t8-,11+/m1/s1. The molecule has 2 atom stereocenters. The van der Waals surface area contributed by atoms with Gasteiger partial charge in [0.2, 0.25) is 0 Å². The van der Waals surface area contributed by atoms with Gasteiger partial charge in [-0.15, -0.1) is 0 Å². The van der Waals surface area contributed by atoms with Crippen LogP contribution in [0.1, 0.15) is 20.3 Å². The number of halogens is 1. The Morgan fingerprint density at radius 1 is 1.32 bits per heavy atom. The van der Waals surface area contributed by atoms with Crippen molar-refractivity contribution in [2.75, 3.05) is 5.32 Å². The number of amides is 2. The second-order valence-electron chi connectivity index (χ2n) is 4.29. The third kappa shape index (κ3) is 4.57. The van der Waals surface area contributed by atoms with Crippen LogP contribution in [-0.2, 0) is 4.79 Å². The van der Waals surface area contributed by atoms with Gasteiger partial charge in [0.05, 0.1) is 12.0 Å². The lowest BCUT2D eigenvalue weighted by molar-refractivity contribution is -0.309. The highest BCUT2D eigenvalue weighted by Crippen LogP contribution is 2.10. The van der Waals surface area contributed by atoms with E-state index in [4.69, 9.17) is 0 Å². The summed E-state index contributed by atoms with van der Waals surface area (Å²) in [4.78, 5) is 22.6. The van der Waals surface area contributed by atoms with Gasteiger partial charge in [-0.1, -0.05) is 20.3 Å². The van der Waals surface area contributed by atoms with E-state index < -0.39 is 23.9 Å². The fraction of sp³-hybridized carbons (Fsp3) is 0.385. The van der Waals surface area contributed by atoms with Gasteiger partial charge in [0.1, 0.15) is 5.82 Å². The molecule has 2 N–H and O–H groups in total. The van der Waals surface area contributed by atoms with Gasteiger partial charge in [-0.2, -0.15) is 0 Å². The van der Waals surface area contributed by atoms with Crippen molar-refractivity contribution in [2.45, 2.75) is 26.3 Å². The number of aliphatic carboxylic acids is 1. The molecular weight excluding hydrogens is 251 g/mol. The number of nitrogens with one attached hydrogen (secondary N) is 2. The minimum absolute atomic E-state index is 0.246. The van der Waals surface area contributed by atoms with E-state index in [9.17, 15) is 19.1 Å². The Labute approximate surface area is 110 Å². The smallest absolute Gasteiger partial charge is 0.319 e. The van der Waals surface area contributed by atoms with E-state index >= 15 is 0 Å². The number of carboxylic acids is 1. The lowest BCUT2D eigenvalue weighted by Crippen LogP contribution is -2.52. The molecule has 19 heavy (non-hydrogen) atoms. The number of benzene rings is 1. The largest absolute Gasteiger partial charge is 0.548 e. The maximum Gasteiger partial charge on any atom is 0.319 e. The quantitative estimate of drug-likeness (QED) is 0.838. The number of rotatable bonds is 5. The maximum atomic E-state index is 12.7. The Morgan fingerprint density at radius 3 is 2.37 bits per heavy atom. The van der Waals surface area contributed by atoms with Gasteiger partial charge < -0.3 is 20.5 Å². The van der Waals surface area contributed by atoms with Gasteiger partial charge in [-0.3, -0.25) is 0 Å². The molecule has 0 aliphatic heterocycles. The zero-order chi connectivity index (χ0) is 14.4. The van der Waals surface area contributed by atoms with Crippen LogP contribution < -0.4 is 15.7 Å². The zero-order valence-electron chi connectivity index (χ0n) is 10.8. The summed E-state index contributed by atoms with van der Waals surface area (Å²) in [5.41, 5.74) is 0.375. The number of anilines is 1. The SMILES string of the molecule is CC[C@@H](C)[C@H](NC(=O)Nc1ccc(F)cc1)C(=O)[O-]. The molecule has 0 aliphatic carbocycles. The molecule has 0 aliphatic rings. The maximum absolute atomic E-state index is 12.7. The number of carbonyl (C=O) groups is 2. The van der Waals surface area contributed by atoms with E-state index in [1.807, 2.05) is 6.92 Å². The van der Waals surface area contributed by atoms with Crippen LogP contribution in [0.2, 0.25) is 0 Å². The van der Waals surface area contributed by atoms with Gasteiger partial charge in [0, 0.05) is 5.69 Å². The average molecular weight is 267 g/mol. The summed E-state index contributed by atoms with van der Waals surface area (Å²) >= 11 is 0. The summed E-state index contributed by atoms with van der Waals surface area (Å²) in [6.07, 6.45) is 0.593. The van der Waals surface area contributed by atoms with Crippen LogP contribution in [0.4, 0.5) is 14.9 Å². The predicted octanol–water partition coefficient (Wildman–Crippen LogP) is 1.11. The molecule has 0 bridgehead atoms. The van der Waals surface area contributed by atoms with E-state index in [1.165, 1.54) is 24.3 Å². The average Bonchev–Trinajstić information content (AvgIpc) is 2.37. The van der Waals surface area contributed by atoms with Gasteiger partial charge in [0.15, 0.2) is 0 Å². The summed E-state index contributed by atoms with van der Waals surface area (Å²) in [5.74, 6) is -1.99. The normalized spacial score (nSPS) is 13.4. The summed E-state index contributed by atoms with van der Waals surface area (Å²) in [5, 5.41) is 15.7. The predicted molar refractivity (Wildman–Crippen MR) is 66.8 cm³/mol. The Morgan fingerprint density at radius 2 is 1.89 bits per heavy atom. The van der Waals surface area contributed by atoms with Crippen molar-refractivity contribution >= 4 is 17.7 Å². The molecular formula is C13H16FN2O3-. The molecule has 2 amide bonds. The van der Waals surface area contributed by atoms with E-state index in [2.05, 4.69) is 10.6 Å². The number of hydrogen-bond donors (Lipinski definition) is 2. The number of carboxylic acid groups (broad SMARTS) is 1. The van der Waals surface area contributed by atoms with Crippen molar-refractivity contribution in [3.63, 3.8) is 0 Å². The lowest BCUT2D eigenvalue weighted by Gasteiger charge is -2.25. The van der Waals surface area contributed by atoms with Crippen molar-refractivity contribution in [1.82, 2.24) is 5.32 Å². The van der Waals surface area contributed by atoms with Crippen LogP contribution in [0, 0.1) is 11.7 Å². The first-order valence-electron chi connectivity index (χ1n) is 5.98. The van der Waals surface area contributed by atoms with E-state index in [0.29, 0.717) is 12.1 Å². The van der Waals surface area contributed by atoms with Crippen LogP contribution in [0.3, 0.4) is 0 Å². The molecule has 0 aromatic heterocycles. The Bertz CT molecular complexity index is 448. The van der Waals surface area contributed by atoms with Crippen molar-refractivity contribution in [3.05, 3.63) is 30.1 Å². The van der Waals surface area contributed by atoms with Gasteiger partial charge >= 0.3 is 6.03 Å². The van der Waals surface area contributed by atoms with Crippen LogP contribution in [-0.4, -0.2) is 18.0 Å². The minimum atomic E-state index is -1.33. The number of carbonyl (C=O) groups excluding carboxylic acids is 2. The molecule has 6 heteroatoms. The fourth-order valence-corrected chi connectivity index (χ4v) is 1.51. The summed E-state index contributed by atoms with van der Waals surface area (Å²) < 4.78 is 12.7. The summed E-state index contributed by atoms with van der Waals surface area (Å²) in [6, 6.07) is 3.42. The molecule has 0 heterocycles. The van der Waals surface area contributed by atoms with E-state index in [0.717, 1.165) is 0 Å². The molecule has 0 spiro atoms. The fourth-order valence-electron chi connectivity index (χ4n) is 1.51. The number of urea groups is 1. The Hall–Kier alpha value is -2.11. The molecule has 1 aromatic rings. The Kier molecular flexibility index (Phi) is 5.29. The molecule has 104 valence electrons. The molecule has 1 aromatic carbocycles. The van der Waals surface area contributed by atoms with Crippen LogP contribution >= 0.6 is 0 Å². The second-order valence-corrected chi connectivity index (χ2v) is 4.29. The zero-order valence-corrected chi connectivity index (χ0v) is 10.8. The molecule has 0 saturated carbocycles. The van der Waals surface area contributed by atoms with Crippen molar-refractivity contribution < 1.29 is 19.1 Å². The summed E-state index contributed by atoms with van der Waals surface area (Å²) in [7, 11) is 0. The molecule has 5 nitrogen and oxygen atoms in total. The highest BCUT2D eigenvalue weighted by Gasteiger charge is 2.19. The first kappa shape index (κ1) is 14.9. The summed E-state index contributed by atoms with van der Waals surface area (Å²) in [6.45, 7) is 3.53. The van der Waals surface area contributed by atoms with Crippen molar-refractivity contribution in [3.8, 4) is 0 Å². The van der Waals surface area contributed by atoms with Crippen molar-refractivity contribution in [1.29, 1.82) is 0 Å². The first-order chi connectivity index (χ1) is 8.93. The van der Waals surface area contributed by atoms with Gasteiger partial charge in [-0.05, 0) is 30.2 Å². The van der Waals surface area contributed by atoms with Gasteiger partial charge in [0.25, 0.3) is 0 Å². The van der Waals surface area contributed by atoms with Crippen molar-refractivity contribution in [2.24, 2.45) is 5.92 Å². The topological polar surface area (TPSA) is 81.3 Å². The first-order valence-corrected chi connectivity index (χ1v) is 5.98. The molecule has 0 unspecified atom stereocenters. The third-order valence-corrected chi connectivity index (χ3v) is 2.86. The number of hydrogen-bond acceptors (Lipinski definition) is 3. The minimum Gasteiger partial charge on any atom is -0.548 e. The Balaban J connectivity index is 2.62. The third-order valence-electron chi connectivity index (χ3n) is 2.86. The molecule has 1 rings (SSSR count). The van der Waals surface area contributed by atoms with Crippen LogP contribution in [0.15, 0.2) is 24.3 Å². The van der Waals surface area contributed by atoms with E-state index in [1.54, 1.807) is 6.92 Å². The van der Waals surface area contributed by atoms with Gasteiger partial charge in [-0.25, -0.2) is 9.18 Å².